The Bertz CT molecular complexity index is 418. The number of urea groups is 1. The summed E-state index contributed by atoms with van der Waals surface area (Å²) >= 11 is 0. The number of carbonyl (C=O) groups excluding carboxylic acids is 1. The Labute approximate surface area is 113 Å². The van der Waals surface area contributed by atoms with Gasteiger partial charge in [0.25, 0.3) is 0 Å². The van der Waals surface area contributed by atoms with Gasteiger partial charge in [-0.25, -0.2) is 9.59 Å². The average molecular weight is 264 g/mol. The van der Waals surface area contributed by atoms with Gasteiger partial charge in [-0.15, -0.1) is 0 Å². The van der Waals surface area contributed by atoms with Crippen LogP contribution in [0.25, 0.3) is 0 Å². The van der Waals surface area contributed by atoms with Crippen LogP contribution in [-0.4, -0.2) is 29.2 Å². The quantitative estimate of drug-likeness (QED) is 0.733. The van der Waals surface area contributed by atoms with Crippen LogP contribution in [0.2, 0.25) is 0 Å². The van der Waals surface area contributed by atoms with Crippen LogP contribution in [0.1, 0.15) is 25.8 Å². The first kappa shape index (κ1) is 15.0. The van der Waals surface area contributed by atoms with Crippen LogP contribution in [-0.2, 0) is 11.2 Å². The second-order valence-corrected chi connectivity index (χ2v) is 4.69. The van der Waals surface area contributed by atoms with E-state index in [2.05, 4.69) is 10.6 Å². The van der Waals surface area contributed by atoms with E-state index in [9.17, 15) is 9.59 Å². The molecule has 2 amide bonds. The molecule has 1 aromatic carbocycles. The number of carboxylic acids is 1. The molecule has 0 bridgehead atoms. The summed E-state index contributed by atoms with van der Waals surface area (Å²) in [5.41, 5.74) is 1.06. The van der Waals surface area contributed by atoms with Gasteiger partial charge in [0, 0.05) is 6.04 Å². The van der Waals surface area contributed by atoms with E-state index in [1.807, 2.05) is 44.2 Å². The fourth-order valence-corrected chi connectivity index (χ4v) is 1.68. The predicted octanol–water partition coefficient (Wildman–Crippen LogP) is 1.78. The number of benzene rings is 1. The van der Waals surface area contributed by atoms with E-state index in [0.717, 1.165) is 5.56 Å². The summed E-state index contributed by atoms with van der Waals surface area (Å²) in [6, 6.07) is 8.25. The van der Waals surface area contributed by atoms with Gasteiger partial charge in [-0.3, -0.25) is 0 Å². The fourth-order valence-electron chi connectivity index (χ4n) is 1.68. The van der Waals surface area contributed by atoms with Crippen molar-refractivity contribution in [3.05, 3.63) is 35.9 Å². The van der Waals surface area contributed by atoms with Gasteiger partial charge < -0.3 is 15.7 Å². The molecule has 1 atom stereocenters. The van der Waals surface area contributed by atoms with Gasteiger partial charge in [0.1, 0.15) is 6.04 Å². The molecule has 19 heavy (non-hydrogen) atoms. The molecule has 0 aliphatic carbocycles. The van der Waals surface area contributed by atoms with Crippen molar-refractivity contribution in [1.82, 2.24) is 10.6 Å². The van der Waals surface area contributed by atoms with Crippen LogP contribution in [0.3, 0.4) is 0 Å². The van der Waals surface area contributed by atoms with Crippen LogP contribution in [0, 0.1) is 0 Å². The molecule has 0 aliphatic heterocycles. The SMILES string of the molecule is CC(C)NC(=O)NC(CCc1ccccc1)C(=O)O. The molecule has 5 heteroatoms. The summed E-state index contributed by atoms with van der Waals surface area (Å²) < 4.78 is 0. The topological polar surface area (TPSA) is 78.4 Å². The van der Waals surface area contributed by atoms with E-state index in [1.165, 1.54) is 0 Å². The first-order valence-corrected chi connectivity index (χ1v) is 6.33. The number of aliphatic carboxylic acids is 1. The molecule has 3 N–H and O–H groups in total. The van der Waals surface area contributed by atoms with Crippen molar-refractivity contribution >= 4 is 12.0 Å². The van der Waals surface area contributed by atoms with Crippen LogP contribution in [0.15, 0.2) is 30.3 Å². The van der Waals surface area contributed by atoms with E-state index in [0.29, 0.717) is 12.8 Å². The summed E-state index contributed by atoms with van der Waals surface area (Å²) in [5.74, 6) is -1.02. The third kappa shape index (κ3) is 5.90. The summed E-state index contributed by atoms with van der Waals surface area (Å²) in [5, 5.41) is 14.2. The first-order chi connectivity index (χ1) is 8.99. The molecule has 0 aliphatic rings. The Morgan fingerprint density at radius 2 is 1.79 bits per heavy atom. The lowest BCUT2D eigenvalue weighted by Crippen LogP contribution is -2.48. The number of hydrogen-bond donors (Lipinski definition) is 3. The minimum Gasteiger partial charge on any atom is -0.480 e. The lowest BCUT2D eigenvalue weighted by molar-refractivity contribution is -0.139. The minimum atomic E-state index is -1.02. The third-order valence-corrected chi connectivity index (χ3v) is 2.59. The molecule has 1 unspecified atom stereocenters. The summed E-state index contributed by atoms with van der Waals surface area (Å²) in [6.07, 6.45) is 0.977. The first-order valence-electron chi connectivity index (χ1n) is 6.33. The average Bonchev–Trinajstić information content (AvgIpc) is 2.34. The zero-order valence-corrected chi connectivity index (χ0v) is 11.2. The molecule has 0 heterocycles. The number of amides is 2. The van der Waals surface area contributed by atoms with Crippen LogP contribution in [0.4, 0.5) is 4.79 Å². The van der Waals surface area contributed by atoms with Gasteiger partial charge in [-0.2, -0.15) is 0 Å². The number of carbonyl (C=O) groups is 2. The molecular formula is C14H20N2O3. The molecular weight excluding hydrogens is 244 g/mol. The summed E-state index contributed by atoms with van der Waals surface area (Å²) in [6.45, 7) is 3.64. The molecule has 104 valence electrons. The maximum Gasteiger partial charge on any atom is 0.326 e. The molecule has 0 saturated carbocycles. The van der Waals surface area contributed by atoms with Crippen molar-refractivity contribution in [3.8, 4) is 0 Å². The van der Waals surface area contributed by atoms with Gasteiger partial charge in [0.15, 0.2) is 0 Å². The number of rotatable bonds is 6. The highest BCUT2D eigenvalue weighted by atomic mass is 16.4. The van der Waals surface area contributed by atoms with Crippen molar-refractivity contribution in [2.75, 3.05) is 0 Å². The largest absolute Gasteiger partial charge is 0.480 e. The minimum absolute atomic E-state index is 0.0245. The predicted molar refractivity (Wildman–Crippen MR) is 73.0 cm³/mol. The summed E-state index contributed by atoms with van der Waals surface area (Å²) in [4.78, 5) is 22.6. The van der Waals surface area contributed by atoms with Crippen LogP contribution < -0.4 is 10.6 Å². The normalized spacial score (nSPS) is 11.9. The second kappa shape index (κ2) is 7.41. The van der Waals surface area contributed by atoms with Crippen molar-refractivity contribution in [3.63, 3.8) is 0 Å². The molecule has 5 nitrogen and oxygen atoms in total. The molecule has 0 fully saturated rings. The molecule has 0 aromatic heterocycles. The highest BCUT2D eigenvalue weighted by Crippen LogP contribution is 2.05. The Morgan fingerprint density at radius 3 is 2.32 bits per heavy atom. The highest BCUT2D eigenvalue weighted by molar-refractivity contribution is 5.82. The van der Waals surface area contributed by atoms with Gasteiger partial charge in [0.05, 0.1) is 0 Å². The van der Waals surface area contributed by atoms with Gasteiger partial charge in [-0.1, -0.05) is 30.3 Å². The Hall–Kier alpha value is -2.04. The van der Waals surface area contributed by atoms with E-state index in [-0.39, 0.29) is 6.04 Å². The van der Waals surface area contributed by atoms with E-state index in [1.54, 1.807) is 0 Å². The monoisotopic (exact) mass is 264 g/mol. The number of hydrogen-bond acceptors (Lipinski definition) is 2. The Morgan fingerprint density at radius 1 is 1.16 bits per heavy atom. The fraction of sp³-hybridized carbons (Fsp3) is 0.429. The van der Waals surface area contributed by atoms with Crippen molar-refractivity contribution in [2.24, 2.45) is 0 Å². The molecule has 1 rings (SSSR count). The maximum absolute atomic E-state index is 11.5. The highest BCUT2D eigenvalue weighted by Gasteiger charge is 2.19. The zero-order valence-electron chi connectivity index (χ0n) is 11.2. The molecule has 0 spiro atoms. The van der Waals surface area contributed by atoms with E-state index < -0.39 is 18.0 Å². The lowest BCUT2D eigenvalue weighted by atomic mass is 10.1. The van der Waals surface area contributed by atoms with E-state index >= 15 is 0 Å². The van der Waals surface area contributed by atoms with Crippen LogP contribution in [0.5, 0.6) is 0 Å². The molecule has 0 radical (unpaired) electrons. The van der Waals surface area contributed by atoms with Crippen molar-refractivity contribution < 1.29 is 14.7 Å². The van der Waals surface area contributed by atoms with Gasteiger partial charge >= 0.3 is 12.0 Å². The summed E-state index contributed by atoms with van der Waals surface area (Å²) in [7, 11) is 0. The Kier molecular flexibility index (Phi) is 5.85. The maximum atomic E-state index is 11.5. The number of aryl methyl sites for hydroxylation is 1. The zero-order chi connectivity index (χ0) is 14.3. The standard InChI is InChI=1S/C14H20N2O3/c1-10(2)15-14(19)16-12(13(17)18)9-8-11-6-4-3-5-7-11/h3-7,10,12H,8-9H2,1-2H3,(H,17,18)(H2,15,16,19). The van der Waals surface area contributed by atoms with Crippen molar-refractivity contribution in [2.45, 2.75) is 38.8 Å². The molecule has 1 aromatic rings. The lowest BCUT2D eigenvalue weighted by Gasteiger charge is -2.16. The molecule has 0 saturated heterocycles. The van der Waals surface area contributed by atoms with Crippen LogP contribution >= 0.6 is 0 Å². The number of carboxylic acid groups (broad SMARTS) is 1. The third-order valence-electron chi connectivity index (χ3n) is 2.59. The second-order valence-electron chi connectivity index (χ2n) is 4.69. The van der Waals surface area contributed by atoms with Gasteiger partial charge in [-0.05, 0) is 32.3 Å². The smallest absolute Gasteiger partial charge is 0.326 e. The number of nitrogens with one attached hydrogen (secondary N) is 2. The van der Waals surface area contributed by atoms with Gasteiger partial charge in [0.2, 0.25) is 0 Å². The van der Waals surface area contributed by atoms with E-state index in [4.69, 9.17) is 5.11 Å². The van der Waals surface area contributed by atoms with Crippen molar-refractivity contribution in [1.29, 1.82) is 0 Å². The Balaban J connectivity index is 2.49.